The number of nitrogens with one attached hydrogen (secondary N) is 2. The van der Waals surface area contributed by atoms with Crippen molar-refractivity contribution >= 4 is 44.4 Å². The molecule has 0 aliphatic rings. The minimum atomic E-state index is 0.0139. The first-order chi connectivity index (χ1) is 15.6. The van der Waals surface area contributed by atoms with E-state index in [2.05, 4.69) is 80.3 Å². The van der Waals surface area contributed by atoms with E-state index < -0.39 is 0 Å². The predicted octanol–water partition coefficient (Wildman–Crippen LogP) is 7.99. The van der Waals surface area contributed by atoms with E-state index in [1.54, 1.807) is 0 Å². The van der Waals surface area contributed by atoms with Crippen molar-refractivity contribution in [3.8, 4) is 0 Å². The van der Waals surface area contributed by atoms with E-state index in [4.69, 9.17) is 0 Å². The molecule has 2 aromatic carbocycles. The van der Waals surface area contributed by atoms with Gasteiger partial charge in [-0.15, -0.1) is 0 Å². The van der Waals surface area contributed by atoms with Crippen LogP contribution in [0.15, 0.2) is 46.9 Å². The number of unbranched alkanes of at least 4 members (excludes halogenated alkanes) is 9. The molecule has 2 rings (SSSR count). The maximum Gasteiger partial charge on any atom is 0.251 e. The second kappa shape index (κ2) is 16.7. The van der Waals surface area contributed by atoms with Crippen LogP contribution < -0.4 is 10.6 Å². The van der Waals surface area contributed by atoms with Gasteiger partial charge in [-0.1, -0.05) is 105 Å². The molecule has 0 spiro atoms. The molecular formula is C27H38BrIN2O. The van der Waals surface area contributed by atoms with Gasteiger partial charge >= 0.3 is 0 Å². The third kappa shape index (κ3) is 10.8. The SMILES string of the molecule is CCCCCCCCCCCCNC(=O)c1ccc(CNCc2ccccc2I)c(Br)c1. The zero-order chi connectivity index (χ0) is 23.0. The highest BCUT2D eigenvalue weighted by Crippen LogP contribution is 2.19. The quantitative estimate of drug-likeness (QED) is 0.149. The molecule has 0 unspecified atom stereocenters. The molecule has 5 heteroatoms. The van der Waals surface area contributed by atoms with Gasteiger partial charge in [-0.2, -0.15) is 0 Å². The van der Waals surface area contributed by atoms with Gasteiger partial charge in [0.05, 0.1) is 0 Å². The number of amides is 1. The first-order valence-corrected chi connectivity index (χ1v) is 14.0. The average molecular weight is 613 g/mol. The highest BCUT2D eigenvalue weighted by Gasteiger charge is 2.08. The fourth-order valence-corrected chi connectivity index (χ4v) is 4.82. The number of halogens is 2. The normalized spacial score (nSPS) is 11.0. The van der Waals surface area contributed by atoms with Gasteiger partial charge in [0.2, 0.25) is 0 Å². The van der Waals surface area contributed by atoms with Gasteiger partial charge in [-0.05, 0) is 58.3 Å². The predicted molar refractivity (Wildman–Crippen MR) is 148 cm³/mol. The van der Waals surface area contributed by atoms with Crippen LogP contribution in [0.25, 0.3) is 0 Å². The average Bonchev–Trinajstić information content (AvgIpc) is 2.79. The van der Waals surface area contributed by atoms with Crippen molar-refractivity contribution < 1.29 is 4.79 Å². The lowest BCUT2D eigenvalue weighted by molar-refractivity contribution is 0.0953. The van der Waals surface area contributed by atoms with Crippen LogP contribution in [0.3, 0.4) is 0 Å². The summed E-state index contributed by atoms with van der Waals surface area (Å²) in [7, 11) is 0. The summed E-state index contributed by atoms with van der Waals surface area (Å²) >= 11 is 6.00. The van der Waals surface area contributed by atoms with Crippen LogP contribution in [0.2, 0.25) is 0 Å². The van der Waals surface area contributed by atoms with Gasteiger partial charge in [-0.3, -0.25) is 4.79 Å². The molecule has 2 N–H and O–H groups in total. The number of hydrogen-bond donors (Lipinski definition) is 2. The maximum absolute atomic E-state index is 12.5. The Bertz CT molecular complexity index is 812. The Morgan fingerprint density at radius 3 is 2.12 bits per heavy atom. The number of carbonyl (C=O) groups excluding carboxylic acids is 1. The number of benzene rings is 2. The number of rotatable bonds is 16. The van der Waals surface area contributed by atoms with Crippen LogP contribution in [-0.2, 0) is 13.1 Å². The van der Waals surface area contributed by atoms with Crippen LogP contribution in [0.5, 0.6) is 0 Å². The monoisotopic (exact) mass is 612 g/mol. The molecule has 0 atom stereocenters. The molecular weight excluding hydrogens is 575 g/mol. The minimum absolute atomic E-state index is 0.0139. The fraction of sp³-hybridized carbons (Fsp3) is 0.519. The summed E-state index contributed by atoms with van der Waals surface area (Å²) in [4.78, 5) is 12.5. The van der Waals surface area contributed by atoms with Gasteiger partial charge in [-0.25, -0.2) is 0 Å². The molecule has 0 aromatic heterocycles. The summed E-state index contributed by atoms with van der Waals surface area (Å²) in [5.41, 5.74) is 3.17. The lowest BCUT2D eigenvalue weighted by Gasteiger charge is -2.10. The Morgan fingerprint density at radius 1 is 0.844 bits per heavy atom. The van der Waals surface area contributed by atoms with E-state index in [-0.39, 0.29) is 5.91 Å². The zero-order valence-corrected chi connectivity index (χ0v) is 23.1. The molecule has 0 fully saturated rings. The smallest absolute Gasteiger partial charge is 0.251 e. The lowest BCUT2D eigenvalue weighted by atomic mass is 10.1. The minimum Gasteiger partial charge on any atom is -0.352 e. The van der Waals surface area contributed by atoms with E-state index in [0.29, 0.717) is 5.56 Å². The van der Waals surface area contributed by atoms with Crippen molar-refractivity contribution in [3.63, 3.8) is 0 Å². The van der Waals surface area contributed by atoms with Gasteiger partial charge in [0, 0.05) is 33.2 Å². The number of carbonyl (C=O) groups is 1. The summed E-state index contributed by atoms with van der Waals surface area (Å²) in [5, 5.41) is 6.55. The maximum atomic E-state index is 12.5. The lowest BCUT2D eigenvalue weighted by Crippen LogP contribution is -2.24. The standard InChI is InChI=1S/C27H38BrIN2O/c1-2-3-4-5-6-7-8-9-10-13-18-31-27(32)22-16-17-23(25(28)19-22)20-30-21-24-14-11-12-15-26(24)29/h11-12,14-17,19,30H,2-10,13,18,20-21H2,1H3,(H,31,32). The highest BCUT2D eigenvalue weighted by atomic mass is 127. The number of hydrogen-bond acceptors (Lipinski definition) is 2. The molecule has 0 radical (unpaired) electrons. The Labute approximate surface area is 216 Å². The van der Waals surface area contributed by atoms with Gasteiger partial charge in [0.15, 0.2) is 0 Å². The molecule has 176 valence electrons. The van der Waals surface area contributed by atoms with E-state index in [9.17, 15) is 4.79 Å². The molecule has 32 heavy (non-hydrogen) atoms. The zero-order valence-electron chi connectivity index (χ0n) is 19.4. The molecule has 0 saturated carbocycles. The second-order valence-corrected chi connectivity index (χ2v) is 10.5. The molecule has 0 aliphatic heterocycles. The van der Waals surface area contributed by atoms with Crippen LogP contribution >= 0.6 is 38.5 Å². The van der Waals surface area contributed by atoms with Crippen LogP contribution in [0.1, 0.15) is 92.6 Å². The molecule has 2 aromatic rings. The van der Waals surface area contributed by atoms with Gasteiger partial charge < -0.3 is 10.6 Å². The summed E-state index contributed by atoms with van der Waals surface area (Å²) < 4.78 is 2.24. The third-order valence-corrected chi connectivity index (χ3v) is 7.51. The fourth-order valence-electron chi connectivity index (χ4n) is 3.72. The Morgan fingerprint density at radius 2 is 1.47 bits per heavy atom. The second-order valence-electron chi connectivity index (χ2n) is 8.44. The van der Waals surface area contributed by atoms with Crippen molar-refractivity contribution in [2.45, 2.75) is 84.2 Å². The van der Waals surface area contributed by atoms with Crippen molar-refractivity contribution in [1.82, 2.24) is 10.6 Å². The largest absolute Gasteiger partial charge is 0.352 e. The van der Waals surface area contributed by atoms with Gasteiger partial charge in [0.1, 0.15) is 0 Å². The van der Waals surface area contributed by atoms with Crippen LogP contribution in [-0.4, -0.2) is 12.5 Å². The third-order valence-electron chi connectivity index (χ3n) is 5.72. The summed E-state index contributed by atoms with van der Waals surface area (Å²) in [6.07, 6.45) is 13.1. The molecule has 0 heterocycles. The van der Waals surface area contributed by atoms with Crippen molar-refractivity contribution in [2.75, 3.05) is 6.54 Å². The first kappa shape index (κ1) is 27.3. The summed E-state index contributed by atoms with van der Waals surface area (Å²) in [6, 6.07) is 14.3. The topological polar surface area (TPSA) is 41.1 Å². The van der Waals surface area contributed by atoms with Crippen LogP contribution in [0, 0.1) is 3.57 Å². The molecule has 0 saturated heterocycles. The van der Waals surface area contributed by atoms with Crippen molar-refractivity contribution in [1.29, 1.82) is 0 Å². The molecule has 1 amide bonds. The van der Waals surface area contributed by atoms with E-state index in [1.165, 1.54) is 66.9 Å². The van der Waals surface area contributed by atoms with Crippen LogP contribution in [0.4, 0.5) is 0 Å². The first-order valence-electron chi connectivity index (χ1n) is 12.1. The van der Waals surface area contributed by atoms with Crippen molar-refractivity contribution in [2.24, 2.45) is 0 Å². The Balaban J connectivity index is 1.60. The van der Waals surface area contributed by atoms with E-state index >= 15 is 0 Å². The summed E-state index contributed by atoms with van der Waals surface area (Å²) in [6.45, 7) is 4.60. The van der Waals surface area contributed by atoms with Gasteiger partial charge in [0.25, 0.3) is 5.91 Å². The molecule has 0 aliphatic carbocycles. The highest BCUT2D eigenvalue weighted by molar-refractivity contribution is 14.1. The Kier molecular flexibility index (Phi) is 14.2. The van der Waals surface area contributed by atoms with E-state index in [0.717, 1.165) is 36.1 Å². The molecule has 3 nitrogen and oxygen atoms in total. The molecule has 0 bridgehead atoms. The van der Waals surface area contributed by atoms with Crippen molar-refractivity contribution in [3.05, 3.63) is 67.2 Å². The Hall–Kier alpha value is -0.920. The van der Waals surface area contributed by atoms with E-state index in [1.807, 2.05) is 18.2 Å². The summed E-state index contributed by atoms with van der Waals surface area (Å²) in [5.74, 6) is 0.0139.